The quantitative estimate of drug-likeness (QED) is 0.565. The van der Waals surface area contributed by atoms with Crippen molar-refractivity contribution < 1.29 is 19.1 Å². The Kier molecular flexibility index (Phi) is 6.75. The Hall–Kier alpha value is -3.33. The summed E-state index contributed by atoms with van der Waals surface area (Å²) in [6.45, 7) is 2.90. The predicted octanol–water partition coefficient (Wildman–Crippen LogP) is 2.78. The first-order valence-corrected chi connectivity index (χ1v) is 8.10. The van der Waals surface area contributed by atoms with Crippen molar-refractivity contribution in [2.45, 2.75) is 13.8 Å². The van der Waals surface area contributed by atoms with Gasteiger partial charge in [-0.25, -0.2) is 4.79 Å². The third-order valence-electron chi connectivity index (χ3n) is 3.70. The maximum absolute atomic E-state index is 12.3. The van der Waals surface area contributed by atoms with Gasteiger partial charge in [0.05, 0.1) is 6.07 Å². The molecule has 0 saturated carbocycles. The van der Waals surface area contributed by atoms with Crippen LogP contribution in [0.15, 0.2) is 48.5 Å². The van der Waals surface area contributed by atoms with Gasteiger partial charge in [0.15, 0.2) is 13.2 Å². The topological polar surface area (TPSA) is 79.6 Å². The summed E-state index contributed by atoms with van der Waals surface area (Å²) in [5.74, 6) is -0.490. The number of carbonyl (C=O) groups is 2. The van der Waals surface area contributed by atoms with Gasteiger partial charge in [-0.2, -0.15) is 5.26 Å². The van der Waals surface area contributed by atoms with Crippen molar-refractivity contribution >= 4 is 17.6 Å². The van der Waals surface area contributed by atoms with Gasteiger partial charge in [0.2, 0.25) is 0 Å². The molecule has 0 saturated heterocycles. The summed E-state index contributed by atoms with van der Waals surface area (Å²) in [5, 5.41) is 8.91. The maximum Gasteiger partial charge on any atom is 0.344 e. The van der Waals surface area contributed by atoms with E-state index in [1.807, 2.05) is 44.2 Å². The Bertz CT molecular complexity index is 792. The molecule has 0 aliphatic heterocycles. The number of para-hydroxylation sites is 2. The summed E-state index contributed by atoms with van der Waals surface area (Å²) >= 11 is 0. The van der Waals surface area contributed by atoms with Crippen LogP contribution in [0.4, 0.5) is 5.69 Å². The molecule has 0 unspecified atom stereocenters. The standard InChI is InChI=1S/C20H20N2O4/c1-15-7-6-8-16(2)20(15)26-14-19(24)25-13-18(23)22(12-11-21)17-9-4-3-5-10-17/h3-10H,12-14H2,1-2H3. The van der Waals surface area contributed by atoms with Crippen LogP contribution in [0.1, 0.15) is 11.1 Å². The third-order valence-corrected chi connectivity index (χ3v) is 3.70. The van der Waals surface area contributed by atoms with Gasteiger partial charge in [0, 0.05) is 5.69 Å². The van der Waals surface area contributed by atoms with Crippen LogP contribution in [-0.2, 0) is 14.3 Å². The van der Waals surface area contributed by atoms with Gasteiger partial charge in [-0.05, 0) is 37.1 Å². The van der Waals surface area contributed by atoms with Crippen molar-refractivity contribution in [3.8, 4) is 11.8 Å². The van der Waals surface area contributed by atoms with E-state index in [0.29, 0.717) is 11.4 Å². The number of carbonyl (C=O) groups excluding carboxylic acids is 2. The number of rotatable bonds is 7. The number of anilines is 1. The highest BCUT2D eigenvalue weighted by Gasteiger charge is 2.17. The number of hydrogen-bond acceptors (Lipinski definition) is 5. The molecule has 0 aliphatic carbocycles. The zero-order valence-electron chi connectivity index (χ0n) is 14.8. The van der Waals surface area contributed by atoms with Crippen LogP contribution in [0.3, 0.4) is 0 Å². The van der Waals surface area contributed by atoms with Crippen LogP contribution < -0.4 is 9.64 Å². The summed E-state index contributed by atoms with van der Waals surface area (Å²) in [5.41, 5.74) is 2.40. The number of hydrogen-bond donors (Lipinski definition) is 0. The highest BCUT2D eigenvalue weighted by Crippen LogP contribution is 2.22. The Morgan fingerprint density at radius 1 is 1.00 bits per heavy atom. The Balaban J connectivity index is 1.89. The largest absolute Gasteiger partial charge is 0.481 e. The van der Waals surface area contributed by atoms with Gasteiger partial charge in [-0.1, -0.05) is 36.4 Å². The summed E-state index contributed by atoms with van der Waals surface area (Å²) in [7, 11) is 0. The van der Waals surface area contributed by atoms with E-state index in [0.717, 1.165) is 11.1 Å². The monoisotopic (exact) mass is 352 g/mol. The number of ether oxygens (including phenoxy) is 2. The van der Waals surface area contributed by atoms with E-state index in [-0.39, 0.29) is 13.2 Å². The van der Waals surface area contributed by atoms with Gasteiger partial charge >= 0.3 is 5.97 Å². The van der Waals surface area contributed by atoms with Crippen molar-refractivity contribution in [2.75, 3.05) is 24.7 Å². The molecule has 2 rings (SSSR count). The minimum Gasteiger partial charge on any atom is -0.481 e. The van der Waals surface area contributed by atoms with Gasteiger partial charge < -0.3 is 9.47 Å². The molecule has 2 aromatic rings. The molecule has 0 atom stereocenters. The lowest BCUT2D eigenvalue weighted by Gasteiger charge is -2.19. The zero-order valence-corrected chi connectivity index (χ0v) is 14.8. The zero-order chi connectivity index (χ0) is 18.9. The molecule has 6 heteroatoms. The lowest BCUT2D eigenvalue weighted by molar-refractivity contribution is -0.149. The van der Waals surface area contributed by atoms with Crippen molar-refractivity contribution in [2.24, 2.45) is 0 Å². The summed E-state index contributed by atoms with van der Waals surface area (Å²) < 4.78 is 10.5. The molecule has 0 heterocycles. The molecule has 0 radical (unpaired) electrons. The minimum absolute atomic E-state index is 0.126. The van der Waals surface area contributed by atoms with Crippen LogP contribution in [-0.4, -0.2) is 31.6 Å². The Morgan fingerprint density at radius 2 is 1.65 bits per heavy atom. The molecule has 0 fully saturated rings. The first kappa shape index (κ1) is 19.0. The number of nitrogens with zero attached hydrogens (tertiary/aromatic N) is 2. The van der Waals surface area contributed by atoms with E-state index in [1.165, 1.54) is 4.90 Å². The van der Waals surface area contributed by atoms with Crippen LogP contribution in [0.25, 0.3) is 0 Å². The van der Waals surface area contributed by atoms with Crippen LogP contribution >= 0.6 is 0 Å². The summed E-state index contributed by atoms with van der Waals surface area (Å²) in [6.07, 6.45) is 0. The van der Waals surface area contributed by atoms with Crippen LogP contribution in [0.5, 0.6) is 5.75 Å². The summed E-state index contributed by atoms with van der Waals surface area (Å²) in [4.78, 5) is 25.4. The number of aryl methyl sites for hydroxylation is 2. The van der Waals surface area contributed by atoms with Crippen molar-refractivity contribution in [1.82, 2.24) is 0 Å². The second kappa shape index (κ2) is 9.23. The van der Waals surface area contributed by atoms with Crippen molar-refractivity contribution in [3.05, 3.63) is 59.7 Å². The lowest BCUT2D eigenvalue weighted by Crippen LogP contribution is -2.35. The smallest absolute Gasteiger partial charge is 0.344 e. The molecular formula is C20H20N2O4. The van der Waals surface area contributed by atoms with Gasteiger partial charge in [-0.3, -0.25) is 9.69 Å². The SMILES string of the molecule is Cc1cccc(C)c1OCC(=O)OCC(=O)N(CC#N)c1ccccc1. The van der Waals surface area contributed by atoms with Gasteiger partial charge in [-0.15, -0.1) is 0 Å². The first-order valence-electron chi connectivity index (χ1n) is 8.10. The molecule has 2 aromatic carbocycles. The molecule has 0 aromatic heterocycles. The second-order valence-electron chi connectivity index (χ2n) is 5.64. The molecule has 134 valence electrons. The van der Waals surface area contributed by atoms with Crippen molar-refractivity contribution in [1.29, 1.82) is 5.26 Å². The van der Waals surface area contributed by atoms with Gasteiger partial charge in [0.1, 0.15) is 12.3 Å². The number of nitriles is 1. The fourth-order valence-electron chi connectivity index (χ4n) is 2.42. The molecular weight excluding hydrogens is 332 g/mol. The molecule has 0 aliphatic rings. The predicted molar refractivity (Wildman–Crippen MR) is 96.8 cm³/mol. The normalized spacial score (nSPS) is 9.88. The van der Waals surface area contributed by atoms with E-state index in [9.17, 15) is 9.59 Å². The lowest BCUT2D eigenvalue weighted by atomic mass is 10.1. The molecule has 0 N–H and O–H groups in total. The number of esters is 1. The van der Waals surface area contributed by atoms with Gasteiger partial charge in [0.25, 0.3) is 5.91 Å². The molecule has 0 bridgehead atoms. The third kappa shape index (κ3) is 5.08. The number of benzene rings is 2. The van der Waals surface area contributed by atoms with Crippen LogP contribution in [0.2, 0.25) is 0 Å². The Labute approximate surface area is 152 Å². The molecule has 26 heavy (non-hydrogen) atoms. The van der Waals surface area contributed by atoms with E-state index in [1.54, 1.807) is 24.3 Å². The fraction of sp³-hybridized carbons (Fsp3) is 0.250. The van der Waals surface area contributed by atoms with E-state index >= 15 is 0 Å². The Morgan fingerprint density at radius 3 is 2.27 bits per heavy atom. The highest BCUT2D eigenvalue weighted by molar-refractivity contribution is 5.95. The van der Waals surface area contributed by atoms with E-state index < -0.39 is 18.5 Å². The van der Waals surface area contributed by atoms with E-state index in [4.69, 9.17) is 14.7 Å². The summed E-state index contributed by atoms with van der Waals surface area (Å²) in [6, 6.07) is 16.4. The first-order chi connectivity index (χ1) is 12.5. The average Bonchev–Trinajstić information content (AvgIpc) is 2.64. The van der Waals surface area contributed by atoms with Crippen molar-refractivity contribution in [3.63, 3.8) is 0 Å². The van der Waals surface area contributed by atoms with Crippen LogP contribution in [0, 0.1) is 25.2 Å². The molecule has 6 nitrogen and oxygen atoms in total. The molecule has 1 amide bonds. The average molecular weight is 352 g/mol. The van der Waals surface area contributed by atoms with E-state index in [2.05, 4.69) is 0 Å². The second-order valence-corrected chi connectivity index (χ2v) is 5.64. The minimum atomic E-state index is -0.647. The fourth-order valence-corrected chi connectivity index (χ4v) is 2.42. The number of amides is 1. The highest BCUT2D eigenvalue weighted by atomic mass is 16.6. The molecule has 0 spiro atoms. The maximum atomic E-state index is 12.3.